The third kappa shape index (κ3) is 4.30. The topological polar surface area (TPSA) is 93.3 Å². The largest absolute Gasteiger partial charge is 0.353 e. The molecule has 0 aliphatic heterocycles. The molecule has 0 saturated heterocycles. The average molecular weight is 283 g/mol. The normalized spacial score (nSPS) is 10.8. The fourth-order valence-electron chi connectivity index (χ4n) is 1.86. The zero-order chi connectivity index (χ0) is 15.1. The molecule has 0 saturated carbocycles. The predicted octanol–water partition coefficient (Wildman–Crippen LogP) is 0.558. The number of hydrogen-bond donors (Lipinski definition) is 1. The van der Waals surface area contributed by atoms with Gasteiger partial charge in [-0.15, -0.1) is 0 Å². The van der Waals surface area contributed by atoms with E-state index < -0.39 is 4.92 Å². The highest BCUT2D eigenvalue weighted by Gasteiger charge is 2.17. The van der Waals surface area contributed by atoms with Gasteiger partial charge in [-0.2, -0.15) is 5.10 Å². The van der Waals surface area contributed by atoms with E-state index in [4.69, 9.17) is 0 Å². The van der Waals surface area contributed by atoms with Crippen LogP contribution in [0.25, 0.3) is 0 Å². The van der Waals surface area contributed by atoms with E-state index in [0.717, 1.165) is 19.6 Å². The molecule has 8 nitrogen and oxygen atoms in total. The van der Waals surface area contributed by atoms with E-state index in [1.807, 2.05) is 0 Å². The lowest BCUT2D eigenvalue weighted by Crippen LogP contribution is -2.36. The van der Waals surface area contributed by atoms with Crippen molar-refractivity contribution in [2.75, 3.05) is 26.2 Å². The molecule has 8 heteroatoms. The summed E-state index contributed by atoms with van der Waals surface area (Å²) >= 11 is 0. The lowest BCUT2D eigenvalue weighted by molar-refractivity contribution is -0.385. The molecule has 0 radical (unpaired) electrons. The number of aromatic nitrogens is 2. The molecule has 0 bridgehead atoms. The van der Waals surface area contributed by atoms with E-state index in [2.05, 4.69) is 29.2 Å². The van der Waals surface area contributed by atoms with Crippen molar-refractivity contribution in [1.29, 1.82) is 0 Å². The molecule has 20 heavy (non-hydrogen) atoms. The van der Waals surface area contributed by atoms with Gasteiger partial charge < -0.3 is 10.2 Å². The molecule has 1 aromatic heterocycles. The minimum Gasteiger partial charge on any atom is -0.353 e. The van der Waals surface area contributed by atoms with Crippen molar-refractivity contribution < 1.29 is 9.72 Å². The Balaban J connectivity index is 2.45. The van der Waals surface area contributed by atoms with Crippen LogP contribution in [-0.4, -0.2) is 51.7 Å². The zero-order valence-electron chi connectivity index (χ0n) is 12.1. The summed E-state index contributed by atoms with van der Waals surface area (Å²) < 4.78 is 1.34. The van der Waals surface area contributed by atoms with Crippen LogP contribution in [0.1, 0.15) is 19.5 Å². The minimum atomic E-state index is -0.503. The first kappa shape index (κ1) is 16.1. The number of amides is 1. The van der Waals surface area contributed by atoms with Crippen LogP contribution in [0, 0.1) is 17.0 Å². The minimum absolute atomic E-state index is 0.00206. The van der Waals surface area contributed by atoms with Gasteiger partial charge in [0.15, 0.2) is 0 Å². The first-order valence-corrected chi connectivity index (χ1v) is 6.65. The van der Waals surface area contributed by atoms with Gasteiger partial charge in [0.2, 0.25) is 5.91 Å². The van der Waals surface area contributed by atoms with E-state index in [1.54, 1.807) is 6.92 Å². The number of nitrogens with zero attached hydrogens (tertiary/aromatic N) is 4. The molecule has 0 fully saturated rings. The molecule has 1 heterocycles. The fourth-order valence-corrected chi connectivity index (χ4v) is 1.86. The molecule has 0 atom stereocenters. The van der Waals surface area contributed by atoms with Crippen molar-refractivity contribution in [1.82, 2.24) is 20.0 Å². The SMILES string of the molecule is CCN(CC)CCNC(=O)Cn1ncc([N+](=O)[O-])c1C. The number of nitrogens with one attached hydrogen (secondary N) is 1. The molecule has 0 spiro atoms. The van der Waals surface area contributed by atoms with Crippen molar-refractivity contribution >= 4 is 11.6 Å². The highest BCUT2D eigenvalue weighted by Crippen LogP contribution is 2.15. The van der Waals surface area contributed by atoms with Crippen LogP contribution in [0.3, 0.4) is 0 Å². The summed E-state index contributed by atoms with van der Waals surface area (Å²) in [5, 5.41) is 17.3. The maximum absolute atomic E-state index is 11.7. The Kier molecular flexibility index (Phi) is 6.10. The van der Waals surface area contributed by atoms with Crippen LogP contribution in [0.5, 0.6) is 0 Å². The molecule has 1 aromatic rings. The molecule has 0 aliphatic rings. The first-order valence-electron chi connectivity index (χ1n) is 6.65. The Morgan fingerprint density at radius 2 is 2.15 bits per heavy atom. The van der Waals surface area contributed by atoms with Crippen molar-refractivity contribution in [2.24, 2.45) is 0 Å². The first-order chi connectivity index (χ1) is 9.49. The van der Waals surface area contributed by atoms with Gasteiger partial charge in [0.05, 0.1) is 4.92 Å². The van der Waals surface area contributed by atoms with Crippen molar-refractivity contribution in [3.63, 3.8) is 0 Å². The summed E-state index contributed by atoms with van der Waals surface area (Å²) in [6.07, 6.45) is 1.17. The second-order valence-electron chi connectivity index (χ2n) is 4.41. The lowest BCUT2D eigenvalue weighted by atomic mass is 10.4. The van der Waals surface area contributed by atoms with Crippen molar-refractivity contribution in [2.45, 2.75) is 27.3 Å². The van der Waals surface area contributed by atoms with E-state index >= 15 is 0 Å². The van der Waals surface area contributed by atoms with Crippen LogP contribution in [-0.2, 0) is 11.3 Å². The van der Waals surface area contributed by atoms with E-state index in [0.29, 0.717) is 12.2 Å². The fraction of sp³-hybridized carbons (Fsp3) is 0.667. The Morgan fingerprint density at radius 1 is 1.50 bits per heavy atom. The Bertz CT molecular complexity index is 468. The molecule has 0 unspecified atom stereocenters. The smallest absolute Gasteiger partial charge is 0.309 e. The number of likely N-dealkylation sites (N-methyl/N-ethyl adjacent to an activating group) is 1. The van der Waals surface area contributed by atoms with Gasteiger partial charge in [-0.3, -0.25) is 19.6 Å². The third-order valence-corrected chi connectivity index (χ3v) is 3.21. The molecule has 0 aliphatic carbocycles. The summed E-state index contributed by atoms with van der Waals surface area (Å²) in [7, 11) is 0. The summed E-state index contributed by atoms with van der Waals surface area (Å²) in [5.74, 6) is -0.196. The zero-order valence-corrected chi connectivity index (χ0v) is 12.1. The third-order valence-electron chi connectivity index (χ3n) is 3.21. The lowest BCUT2D eigenvalue weighted by Gasteiger charge is -2.17. The van der Waals surface area contributed by atoms with E-state index in [9.17, 15) is 14.9 Å². The molecule has 112 valence electrons. The number of carbonyl (C=O) groups is 1. The predicted molar refractivity (Wildman–Crippen MR) is 74.4 cm³/mol. The van der Waals surface area contributed by atoms with Gasteiger partial charge in [-0.25, -0.2) is 0 Å². The van der Waals surface area contributed by atoms with Crippen LogP contribution >= 0.6 is 0 Å². The Labute approximate surface area is 117 Å². The second kappa shape index (κ2) is 7.59. The average Bonchev–Trinajstić information content (AvgIpc) is 2.76. The maximum atomic E-state index is 11.7. The van der Waals surface area contributed by atoms with Crippen molar-refractivity contribution in [3.8, 4) is 0 Å². The van der Waals surface area contributed by atoms with Gasteiger partial charge in [-0.1, -0.05) is 13.8 Å². The van der Waals surface area contributed by atoms with Gasteiger partial charge in [0.25, 0.3) is 0 Å². The highest BCUT2D eigenvalue weighted by molar-refractivity contribution is 5.75. The molecular formula is C12H21N5O3. The molecule has 1 rings (SSSR count). The maximum Gasteiger partial charge on any atom is 0.309 e. The van der Waals surface area contributed by atoms with Crippen LogP contribution in [0.4, 0.5) is 5.69 Å². The highest BCUT2D eigenvalue weighted by atomic mass is 16.6. The van der Waals surface area contributed by atoms with Crippen molar-refractivity contribution in [3.05, 3.63) is 22.0 Å². The van der Waals surface area contributed by atoms with Crippen LogP contribution < -0.4 is 5.32 Å². The second-order valence-corrected chi connectivity index (χ2v) is 4.41. The van der Waals surface area contributed by atoms with Gasteiger partial charge in [-0.05, 0) is 20.0 Å². The molecule has 0 aromatic carbocycles. The number of carbonyl (C=O) groups excluding carboxylic acids is 1. The quantitative estimate of drug-likeness (QED) is 0.555. The Morgan fingerprint density at radius 3 is 2.65 bits per heavy atom. The van der Waals surface area contributed by atoms with Gasteiger partial charge in [0, 0.05) is 13.1 Å². The monoisotopic (exact) mass is 283 g/mol. The van der Waals surface area contributed by atoms with Crippen LogP contribution in [0.15, 0.2) is 6.20 Å². The molecule has 1 amide bonds. The van der Waals surface area contributed by atoms with Gasteiger partial charge in [0.1, 0.15) is 18.4 Å². The summed E-state index contributed by atoms with van der Waals surface area (Å²) in [5.41, 5.74) is 0.315. The summed E-state index contributed by atoms with van der Waals surface area (Å²) in [4.78, 5) is 24.1. The van der Waals surface area contributed by atoms with E-state index in [-0.39, 0.29) is 18.1 Å². The summed E-state index contributed by atoms with van der Waals surface area (Å²) in [6, 6.07) is 0. The number of rotatable bonds is 8. The Hall–Kier alpha value is -1.96. The number of nitro groups is 1. The standard InChI is InChI=1S/C12H21N5O3/c1-4-15(5-2)7-6-13-12(18)9-16-10(3)11(8-14-16)17(19)20/h8H,4-7,9H2,1-3H3,(H,13,18). The number of hydrogen-bond acceptors (Lipinski definition) is 5. The van der Waals surface area contributed by atoms with E-state index in [1.165, 1.54) is 10.9 Å². The molecule has 1 N–H and O–H groups in total. The summed E-state index contributed by atoms with van der Waals surface area (Å²) in [6.45, 7) is 8.94. The van der Waals surface area contributed by atoms with Gasteiger partial charge >= 0.3 is 5.69 Å². The van der Waals surface area contributed by atoms with Crippen LogP contribution in [0.2, 0.25) is 0 Å². The molecular weight excluding hydrogens is 262 g/mol.